The van der Waals surface area contributed by atoms with Crippen LogP contribution in [0.2, 0.25) is 0 Å². The van der Waals surface area contributed by atoms with Gasteiger partial charge < -0.3 is 30.3 Å². The lowest BCUT2D eigenvalue weighted by atomic mass is 9.33. The Hall–Kier alpha value is -0.220. The maximum absolute atomic E-state index is 13.8. The molecule has 48 heavy (non-hydrogen) atoms. The zero-order valence-electron chi connectivity index (χ0n) is 30.6. The Labute approximate surface area is 293 Å². The highest BCUT2D eigenvalue weighted by atomic mass is 32.2. The summed E-state index contributed by atoms with van der Waals surface area (Å²) in [7, 11) is 0. The molecule has 0 aromatic carbocycles. The van der Waals surface area contributed by atoms with Crippen LogP contribution in [0.1, 0.15) is 126 Å². The SMILES string of the molecule is CC1(C)CC[C@]2([C@H](O)[C@H]3OC(CO)[C@@H](O)[C@H](O)C3O)CC[C@]3(C)C(=CCC4[C@@]5(C)CC[C@H](SC6CC(F)C6)C(C)(C)C5CC[C@]43C)C2C1. The lowest BCUT2D eigenvalue weighted by Gasteiger charge is -2.72. The van der Waals surface area contributed by atoms with E-state index in [2.05, 4.69) is 66.3 Å². The number of aliphatic hydroxyl groups is 5. The van der Waals surface area contributed by atoms with E-state index in [1.54, 1.807) is 0 Å². The third-order valence-electron chi connectivity index (χ3n) is 16.9. The molecular formula is C40H65FO6S. The number of fused-ring (bicyclic) bond motifs is 7. The fourth-order valence-electron chi connectivity index (χ4n) is 13.6. The summed E-state index contributed by atoms with van der Waals surface area (Å²) in [5.74, 6) is 1.33. The van der Waals surface area contributed by atoms with Crippen molar-refractivity contribution in [2.75, 3.05) is 6.61 Å². The van der Waals surface area contributed by atoms with E-state index in [1.165, 1.54) is 31.3 Å². The first-order valence-electron chi connectivity index (χ1n) is 19.3. The van der Waals surface area contributed by atoms with E-state index in [0.717, 1.165) is 51.4 Å². The van der Waals surface area contributed by atoms with Crippen LogP contribution in [0.3, 0.4) is 0 Å². The van der Waals surface area contributed by atoms with E-state index in [1.807, 2.05) is 0 Å². The van der Waals surface area contributed by atoms with E-state index in [0.29, 0.717) is 22.3 Å². The van der Waals surface area contributed by atoms with Crippen LogP contribution >= 0.6 is 11.8 Å². The second kappa shape index (κ2) is 11.9. The highest BCUT2D eigenvalue weighted by Gasteiger charge is 2.70. The fourth-order valence-corrected chi connectivity index (χ4v) is 15.5. The predicted molar refractivity (Wildman–Crippen MR) is 188 cm³/mol. The van der Waals surface area contributed by atoms with Crippen LogP contribution in [0.4, 0.5) is 4.39 Å². The van der Waals surface area contributed by atoms with Crippen LogP contribution in [0, 0.1) is 50.2 Å². The average Bonchev–Trinajstić information content (AvgIpc) is 3.00. The molecule has 0 bridgehead atoms. The highest BCUT2D eigenvalue weighted by molar-refractivity contribution is 8.00. The van der Waals surface area contributed by atoms with Crippen LogP contribution in [-0.4, -0.2) is 85.4 Å². The predicted octanol–water partition coefficient (Wildman–Crippen LogP) is 6.59. The Morgan fingerprint density at radius 2 is 1.56 bits per heavy atom. The van der Waals surface area contributed by atoms with Gasteiger partial charge in [-0.15, -0.1) is 0 Å². The molecule has 1 saturated heterocycles. The average molecular weight is 693 g/mol. The van der Waals surface area contributed by atoms with Crippen LogP contribution in [0.5, 0.6) is 0 Å². The Morgan fingerprint density at radius 3 is 2.23 bits per heavy atom. The van der Waals surface area contributed by atoms with E-state index < -0.39 is 54.8 Å². The van der Waals surface area contributed by atoms with Crippen LogP contribution in [-0.2, 0) is 4.74 Å². The molecule has 5 N–H and O–H groups in total. The minimum absolute atomic E-state index is 0.0155. The van der Waals surface area contributed by atoms with Crippen molar-refractivity contribution in [3.8, 4) is 0 Å². The maximum atomic E-state index is 13.8. The molecule has 0 radical (unpaired) electrons. The van der Waals surface area contributed by atoms with Crippen molar-refractivity contribution in [3.63, 3.8) is 0 Å². The van der Waals surface area contributed by atoms with Gasteiger partial charge in [-0.1, -0.05) is 60.1 Å². The normalized spacial score (nSPS) is 54.8. The molecule has 0 aromatic heterocycles. The first-order valence-corrected chi connectivity index (χ1v) is 20.3. The summed E-state index contributed by atoms with van der Waals surface area (Å²) in [4.78, 5) is 0. The Kier molecular flexibility index (Phi) is 8.96. The monoisotopic (exact) mass is 692 g/mol. The topological polar surface area (TPSA) is 110 Å². The molecule has 14 atom stereocenters. The molecule has 6 aliphatic carbocycles. The molecule has 0 amide bonds. The second-order valence-electron chi connectivity index (χ2n) is 19.9. The standard InChI is InChI=1S/C40H65FO6S/c1-35(2)14-16-40(34(46)33-32(45)31(44)30(43)26(21-42)47-33)17-15-38(6)24(25(40)20-35)8-9-28-37(5)12-11-29(48-23-18-22(41)19-23)36(3,4)27(37)10-13-39(28,38)7/h8,22-23,25-34,42-46H,9-21H2,1-7H3/t22?,23?,25?,26?,27?,28?,29-,30+,31-,32?,33-,34+,37-,38+,39+,40-/m0/s1. The van der Waals surface area contributed by atoms with Gasteiger partial charge in [0, 0.05) is 15.9 Å². The zero-order valence-corrected chi connectivity index (χ0v) is 31.4. The number of thioether (sulfide) groups is 1. The summed E-state index contributed by atoms with van der Waals surface area (Å²) < 4.78 is 19.8. The molecule has 0 spiro atoms. The van der Waals surface area contributed by atoms with Gasteiger partial charge in [-0.3, -0.25) is 0 Å². The van der Waals surface area contributed by atoms with Crippen LogP contribution in [0.25, 0.3) is 0 Å². The van der Waals surface area contributed by atoms with Gasteiger partial charge >= 0.3 is 0 Å². The maximum Gasteiger partial charge on any atom is 0.113 e. The molecular weight excluding hydrogens is 627 g/mol. The van der Waals surface area contributed by atoms with Gasteiger partial charge in [0.25, 0.3) is 0 Å². The van der Waals surface area contributed by atoms with Gasteiger partial charge in [-0.2, -0.15) is 11.8 Å². The number of halogens is 1. The van der Waals surface area contributed by atoms with E-state index >= 15 is 0 Å². The Bertz CT molecular complexity index is 1270. The number of hydrogen-bond donors (Lipinski definition) is 5. The van der Waals surface area contributed by atoms with Gasteiger partial charge in [-0.25, -0.2) is 4.39 Å². The van der Waals surface area contributed by atoms with Gasteiger partial charge in [0.15, 0.2) is 0 Å². The second-order valence-corrected chi connectivity index (χ2v) is 21.4. The molecule has 7 rings (SSSR count). The van der Waals surface area contributed by atoms with Crippen molar-refractivity contribution in [2.24, 2.45) is 50.2 Å². The Morgan fingerprint density at radius 1 is 0.875 bits per heavy atom. The van der Waals surface area contributed by atoms with Gasteiger partial charge in [0.05, 0.1) is 12.7 Å². The number of aliphatic hydroxyl groups excluding tert-OH is 5. The van der Waals surface area contributed by atoms with E-state index in [-0.39, 0.29) is 33.0 Å². The number of allylic oxidation sites excluding steroid dienone is 2. The van der Waals surface area contributed by atoms with E-state index in [9.17, 15) is 29.9 Å². The molecule has 5 saturated carbocycles. The van der Waals surface area contributed by atoms with Crippen molar-refractivity contribution in [1.29, 1.82) is 0 Å². The first-order chi connectivity index (χ1) is 22.3. The van der Waals surface area contributed by atoms with Crippen LogP contribution < -0.4 is 0 Å². The number of hydrogen-bond acceptors (Lipinski definition) is 7. The molecule has 5 unspecified atom stereocenters. The summed E-state index contributed by atoms with van der Waals surface area (Å²) in [6.45, 7) is 17.0. The van der Waals surface area contributed by atoms with Gasteiger partial charge in [0.1, 0.15) is 36.7 Å². The molecule has 1 aliphatic heterocycles. The Balaban J connectivity index is 1.21. The molecule has 274 valence electrons. The summed E-state index contributed by atoms with van der Waals surface area (Å²) in [6.07, 6.45) is 6.40. The molecule has 0 aromatic rings. The molecule has 1 heterocycles. The van der Waals surface area contributed by atoms with Crippen molar-refractivity contribution >= 4 is 11.8 Å². The van der Waals surface area contributed by atoms with Crippen molar-refractivity contribution in [1.82, 2.24) is 0 Å². The zero-order chi connectivity index (χ0) is 34.8. The van der Waals surface area contributed by atoms with Gasteiger partial charge in [0.2, 0.25) is 0 Å². The number of ether oxygens (including phenoxy) is 1. The largest absolute Gasteiger partial charge is 0.394 e. The van der Waals surface area contributed by atoms with Crippen molar-refractivity contribution < 1.29 is 34.7 Å². The minimum Gasteiger partial charge on any atom is -0.394 e. The molecule has 6 fully saturated rings. The lowest BCUT2D eigenvalue weighted by molar-refractivity contribution is -0.272. The van der Waals surface area contributed by atoms with Gasteiger partial charge in [-0.05, 0) is 122 Å². The molecule has 7 aliphatic rings. The molecule has 6 nitrogen and oxygen atoms in total. The number of rotatable bonds is 5. The summed E-state index contributed by atoms with van der Waals surface area (Å²) in [5, 5.41) is 55.7. The number of alkyl halides is 1. The van der Waals surface area contributed by atoms with Crippen LogP contribution in [0.15, 0.2) is 11.6 Å². The van der Waals surface area contributed by atoms with E-state index in [4.69, 9.17) is 4.74 Å². The quantitative estimate of drug-likeness (QED) is 0.207. The summed E-state index contributed by atoms with van der Waals surface area (Å²) in [6, 6.07) is 0. The third-order valence-corrected chi connectivity index (χ3v) is 18.8. The fraction of sp³-hybridized carbons (Fsp3) is 0.950. The van der Waals surface area contributed by atoms with Crippen molar-refractivity contribution in [3.05, 3.63) is 11.6 Å². The first kappa shape index (κ1) is 36.2. The summed E-state index contributed by atoms with van der Waals surface area (Å²) >= 11 is 2.10. The van der Waals surface area contributed by atoms with Crippen molar-refractivity contribution in [2.45, 2.75) is 179 Å². The summed E-state index contributed by atoms with van der Waals surface area (Å²) in [5.41, 5.74) is 1.63. The minimum atomic E-state index is -1.49. The lowest BCUT2D eigenvalue weighted by Crippen LogP contribution is -2.68. The molecule has 8 heteroatoms. The highest BCUT2D eigenvalue weighted by Crippen LogP contribution is 2.76. The smallest absolute Gasteiger partial charge is 0.113 e. The third kappa shape index (κ3) is 5.05.